The first-order valence-electron chi connectivity index (χ1n) is 2.66. The van der Waals surface area contributed by atoms with Crippen LogP contribution >= 0.6 is 15.9 Å². The van der Waals surface area contributed by atoms with Crippen molar-refractivity contribution in [3.05, 3.63) is 0 Å². The lowest BCUT2D eigenvalue weighted by Gasteiger charge is -2.18. The maximum atomic E-state index is 5.35. The van der Waals surface area contributed by atoms with E-state index >= 15 is 0 Å². The Hall–Kier alpha value is 0.440. The van der Waals surface area contributed by atoms with Gasteiger partial charge in [-0.1, -0.05) is 15.9 Å². The van der Waals surface area contributed by atoms with Crippen molar-refractivity contribution in [1.29, 1.82) is 0 Å². The van der Waals surface area contributed by atoms with Crippen LogP contribution in [-0.4, -0.2) is 11.1 Å². The summed E-state index contributed by atoms with van der Waals surface area (Å²) in [5, 5.41) is 0.400. The summed E-state index contributed by atoms with van der Waals surface area (Å²) < 4.78 is 5.35. The third kappa shape index (κ3) is 0.470. The van der Waals surface area contributed by atoms with Crippen molar-refractivity contribution in [2.24, 2.45) is 5.92 Å². The van der Waals surface area contributed by atoms with Crippen LogP contribution in [0.15, 0.2) is 0 Å². The topological polar surface area (TPSA) is 9.23 Å². The fraction of sp³-hybridized carbons (Fsp3) is 1.00. The molecule has 2 heteroatoms. The van der Waals surface area contributed by atoms with Crippen molar-refractivity contribution in [3.63, 3.8) is 0 Å². The minimum Gasteiger partial charge on any atom is -0.363 e. The van der Waals surface area contributed by atoms with Gasteiger partial charge < -0.3 is 4.74 Å². The van der Waals surface area contributed by atoms with Gasteiger partial charge in [0.2, 0.25) is 0 Å². The number of hydrogen-bond donors (Lipinski definition) is 0. The highest BCUT2D eigenvalue weighted by Crippen LogP contribution is 2.45. The van der Waals surface area contributed by atoms with E-state index in [4.69, 9.17) is 4.74 Å². The van der Waals surface area contributed by atoms with E-state index < -0.39 is 0 Å². The molecule has 1 unspecified atom stereocenters. The van der Waals surface area contributed by atoms with Gasteiger partial charge in [0.05, 0.1) is 6.10 Å². The maximum absolute atomic E-state index is 5.35. The summed E-state index contributed by atoms with van der Waals surface area (Å²) in [6, 6.07) is 0. The van der Waals surface area contributed by atoms with Crippen LogP contribution in [0.4, 0.5) is 0 Å². The molecule has 2 bridgehead atoms. The first-order valence-corrected chi connectivity index (χ1v) is 3.57. The highest BCUT2D eigenvalue weighted by molar-refractivity contribution is 9.09. The molecule has 1 atom stereocenters. The van der Waals surface area contributed by atoms with Crippen molar-refractivity contribution < 1.29 is 4.74 Å². The first-order chi connectivity index (χ1) is 3.36. The standard InChI is InChI=1S/C5H7BrO/c6-5-3-1-4(2-3)7-5/h3-5H,1-2H2. The van der Waals surface area contributed by atoms with Crippen LogP contribution in [0.25, 0.3) is 0 Å². The number of hydrogen-bond acceptors (Lipinski definition) is 1. The Balaban J connectivity index is 2.13. The minimum atomic E-state index is 0.400. The number of halogens is 1. The van der Waals surface area contributed by atoms with Gasteiger partial charge in [-0.05, 0) is 12.8 Å². The molecule has 0 amide bonds. The monoisotopic (exact) mass is 162 g/mol. The van der Waals surface area contributed by atoms with Crippen molar-refractivity contribution in [1.82, 2.24) is 0 Å². The van der Waals surface area contributed by atoms with Crippen LogP contribution in [0, 0.1) is 5.92 Å². The highest BCUT2D eigenvalue weighted by Gasteiger charge is 2.44. The molecule has 0 aromatic carbocycles. The molecule has 1 nitrogen and oxygen atoms in total. The molecule has 2 saturated heterocycles. The van der Waals surface area contributed by atoms with E-state index in [9.17, 15) is 0 Å². The van der Waals surface area contributed by atoms with Crippen molar-refractivity contribution in [2.75, 3.05) is 0 Å². The zero-order valence-electron chi connectivity index (χ0n) is 3.93. The van der Waals surface area contributed by atoms with Crippen LogP contribution in [0.3, 0.4) is 0 Å². The molecule has 0 aromatic heterocycles. The van der Waals surface area contributed by atoms with Crippen LogP contribution in [0.2, 0.25) is 0 Å². The summed E-state index contributed by atoms with van der Waals surface area (Å²) in [6.45, 7) is 0. The molecular weight excluding hydrogens is 156 g/mol. The average molecular weight is 163 g/mol. The van der Waals surface area contributed by atoms with Crippen molar-refractivity contribution in [3.8, 4) is 0 Å². The summed E-state index contributed by atoms with van der Waals surface area (Å²) in [4.78, 5) is 0. The predicted octanol–water partition coefficient (Wildman–Crippen LogP) is 1.52. The van der Waals surface area contributed by atoms with Gasteiger partial charge in [-0.3, -0.25) is 0 Å². The number of fused-ring (bicyclic) bond motifs is 1. The first kappa shape index (κ1) is 4.33. The fourth-order valence-electron chi connectivity index (χ4n) is 1.23. The van der Waals surface area contributed by atoms with E-state index in [-0.39, 0.29) is 0 Å². The molecule has 1 aliphatic carbocycles. The Morgan fingerprint density at radius 2 is 2.14 bits per heavy atom. The SMILES string of the molecule is BrC1OC2CC1C2. The Labute approximate surface area is 51.2 Å². The summed E-state index contributed by atoms with van der Waals surface area (Å²) in [5.41, 5.74) is 0. The third-order valence-corrected chi connectivity index (χ3v) is 2.79. The zero-order chi connectivity index (χ0) is 4.85. The molecule has 3 rings (SSSR count). The molecule has 0 spiro atoms. The Morgan fingerprint density at radius 3 is 2.29 bits per heavy atom. The van der Waals surface area contributed by atoms with Crippen LogP contribution in [-0.2, 0) is 4.74 Å². The third-order valence-electron chi connectivity index (χ3n) is 1.82. The largest absolute Gasteiger partial charge is 0.363 e. The molecule has 0 N–H and O–H groups in total. The molecule has 0 radical (unpaired) electrons. The quantitative estimate of drug-likeness (QED) is 0.492. The minimum absolute atomic E-state index is 0.400. The second-order valence-electron chi connectivity index (χ2n) is 2.34. The lowest BCUT2D eigenvalue weighted by molar-refractivity contribution is 0.116. The van der Waals surface area contributed by atoms with Gasteiger partial charge in [0.25, 0.3) is 0 Å². The average Bonchev–Trinajstić information content (AvgIpc) is 1.85. The van der Waals surface area contributed by atoms with Crippen molar-refractivity contribution >= 4 is 15.9 Å². The van der Waals surface area contributed by atoms with Crippen molar-refractivity contribution in [2.45, 2.75) is 24.0 Å². The Morgan fingerprint density at radius 1 is 1.43 bits per heavy atom. The van der Waals surface area contributed by atoms with E-state index in [0.717, 1.165) is 5.92 Å². The molecule has 7 heavy (non-hydrogen) atoms. The zero-order valence-corrected chi connectivity index (χ0v) is 5.52. The molecule has 3 fully saturated rings. The molecule has 2 heterocycles. The summed E-state index contributed by atoms with van der Waals surface area (Å²) in [7, 11) is 0. The van der Waals surface area contributed by atoms with Gasteiger partial charge in [0.15, 0.2) is 0 Å². The molecule has 3 aliphatic rings. The molecule has 1 saturated carbocycles. The fourth-order valence-corrected chi connectivity index (χ4v) is 1.96. The predicted molar refractivity (Wildman–Crippen MR) is 30.3 cm³/mol. The number of ether oxygens (including phenoxy) is 1. The van der Waals surface area contributed by atoms with Gasteiger partial charge >= 0.3 is 0 Å². The lowest BCUT2D eigenvalue weighted by Crippen LogP contribution is -2.18. The molecule has 2 aliphatic heterocycles. The van der Waals surface area contributed by atoms with E-state index in [1.165, 1.54) is 12.8 Å². The number of alkyl halides is 1. The van der Waals surface area contributed by atoms with Gasteiger partial charge in [0, 0.05) is 5.92 Å². The van der Waals surface area contributed by atoms with Crippen LogP contribution in [0.5, 0.6) is 0 Å². The lowest BCUT2D eigenvalue weighted by atomic mass is 9.87. The summed E-state index contributed by atoms with van der Waals surface area (Å²) in [6.07, 6.45) is 3.22. The second kappa shape index (κ2) is 1.23. The van der Waals surface area contributed by atoms with Crippen LogP contribution < -0.4 is 0 Å². The second-order valence-corrected chi connectivity index (χ2v) is 3.24. The maximum Gasteiger partial charge on any atom is 0.115 e. The smallest absolute Gasteiger partial charge is 0.115 e. The summed E-state index contributed by atoms with van der Waals surface area (Å²) >= 11 is 3.42. The normalized spacial score (nSPS) is 57.0. The highest BCUT2D eigenvalue weighted by atomic mass is 79.9. The Bertz CT molecular complexity index is 88.1. The summed E-state index contributed by atoms with van der Waals surface area (Å²) in [5.74, 6) is 0.852. The molecule has 0 aromatic rings. The van der Waals surface area contributed by atoms with E-state index in [1.54, 1.807) is 0 Å². The Kier molecular flexibility index (Phi) is 0.762. The molecule has 40 valence electrons. The number of rotatable bonds is 0. The van der Waals surface area contributed by atoms with Gasteiger partial charge in [0.1, 0.15) is 5.01 Å². The van der Waals surface area contributed by atoms with E-state index in [2.05, 4.69) is 15.9 Å². The molecular formula is C5H7BrO. The van der Waals surface area contributed by atoms with Gasteiger partial charge in [-0.25, -0.2) is 0 Å². The van der Waals surface area contributed by atoms with Gasteiger partial charge in [-0.2, -0.15) is 0 Å². The van der Waals surface area contributed by atoms with E-state index in [1.807, 2.05) is 0 Å². The van der Waals surface area contributed by atoms with Crippen LogP contribution in [0.1, 0.15) is 12.8 Å². The van der Waals surface area contributed by atoms with E-state index in [0.29, 0.717) is 11.1 Å². The van der Waals surface area contributed by atoms with Gasteiger partial charge in [-0.15, -0.1) is 0 Å².